The maximum atomic E-state index is 13.1. The summed E-state index contributed by atoms with van der Waals surface area (Å²) in [4.78, 5) is 73.3. The number of phosphoric ester groups is 2. The van der Waals surface area contributed by atoms with Gasteiger partial charge >= 0.3 is 39.5 Å². The molecule has 0 rings (SSSR count). The third-order valence-corrected chi connectivity index (χ3v) is 19.5. The van der Waals surface area contributed by atoms with E-state index in [-0.39, 0.29) is 25.7 Å². The Morgan fingerprint density at radius 3 is 0.741 bits per heavy atom. The lowest BCUT2D eigenvalue weighted by Gasteiger charge is -2.21. The van der Waals surface area contributed by atoms with E-state index in [0.29, 0.717) is 25.7 Å². The van der Waals surface area contributed by atoms with Gasteiger partial charge < -0.3 is 33.8 Å². The van der Waals surface area contributed by atoms with E-state index in [4.69, 9.17) is 37.0 Å². The summed E-state index contributed by atoms with van der Waals surface area (Å²) in [5, 5.41) is 10.7. The van der Waals surface area contributed by atoms with Gasteiger partial charge in [-0.05, 0) is 135 Å². The fraction of sp³-hybridized carbons (Fsp3) is 0.708. The number of allylic oxidation sites excluding steroid dienone is 22. The summed E-state index contributed by atoms with van der Waals surface area (Å²) in [6, 6.07) is 0. The van der Waals surface area contributed by atoms with E-state index >= 15 is 0 Å². The Morgan fingerprint density at radius 1 is 0.269 bits per heavy atom. The van der Waals surface area contributed by atoms with Gasteiger partial charge in [0.15, 0.2) is 12.2 Å². The van der Waals surface area contributed by atoms with Gasteiger partial charge in [-0.25, -0.2) is 9.13 Å². The summed E-state index contributed by atoms with van der Waals surface area (Å²) in [5.41, 5.74) is 0. The third kappa shape index (κ3) is 79.3. The normalized spacial score (nSPS) is 14.5. The SMILES string of the molecule is CC/C=C\C/C=C\C/C=C\C/C=C\CCCCCCCCC(=O)OCC(COP(=O)(O)OCC(O)COP(=O)(O)OCC(COC(=O)CCCCCCCCC/C=C\C/C=C\C/C=C\CC)OC(=O)CCCCCCCCCCCCCCCCC)OC(=O)CCCCCC/C=C\C/C=C\C/C=C\C/C=C\CC. The van der Waals surface area contributed by atoms with Gasteiger partial charge in [0.25, 0.3) is 0 Å². The first kappa shape index (κ1) is 103. The van der Waals surface area contributed by atoms with Crippen molar-refractivity contribution in [3.63, 3.8) is 0 Å². The molecule has 0 spiro atoms. The van der Waals surface area contributed by atoms with Crippen LogP contribution in [-0.4, -0.2) is 96.7 Å². The molecule has 0 aliphatic heterocycles. The second-order valence-electron chi connectivity index (χ2n) is 28.0. The van der Waals surface area contributed by atoms with E-state index in [1.807, 2.05) is 0 Å². The van der Waals surface area contributed by atoms with Gasteiger partial charge in [0.2, 0.25) is 0 Å². The van der Waals surface area contributed by atoms with Gasteiger partial charge in [-0.2, -0.15) is 0 Å². The summed E-state index contributed by atoms with van der Waals surface area (Å²) in [6.07, 6.45) is 91.2. The van der Waals surface area contributed by atoms with Crippen molar-refractivity contribution in [1.82, 2.24) is 0 Å². The number of aliphatic hydroxyl groups is 1. The molecule has 17 nitrogen and oxygen atoms in total. The standard InChI is InChI=1S/C89H152O17P2/c1-5-9-13-17-21-25-29-33-37-40-41-44-47-50-54-58-62-66-70-74-87(92)100-80-85(106-89(94)76-72-68-64-60-56-52-48-43-39-35-31-27-23-19-15-11-7-3)82-104-108(97,98)102-78-83(90)77-101-107(95,96)103-81-84(105-88(93)75-71-67-63-59-55-51-45-36-32-28-24-20-16-12-8-4)79-99-86(91)73-69-65-61-57-53-49-46-42-38-34-30-26-22-18-14-10-6-2/h9-11,13-15,21-23,25-27,33-35,37-39,41,44,48,52,83-85,90H,5-8,12,16-20,24,28-32,36,40,42-43,45-47,49-51,53-82H2,1-4H3,(H,95,96)(H,97,98)/b13-9-,14-10-,15-11-,25-21-,26-22-,27-23-,37-33-,38-34-,39-35-,44-41-,52-48-. The highest BCUT2D eigenvalue weighted by molar-refractivity contribution is 7.47. The van der Waals surface area contributed by atoms with Crippen molar-refractivity contribution in [1.29, 1.82) is 0 Å². The highest BCUT2D eigenvalue weighted by Crippen LogP contribution is 2.45. The lowest BCUT2D eigenvalue weighted by atomic mass is 10.0. The first-order chi connectivity index (χ1) is 52.7. The van der Waals surface area contributed by atoms with E-state index in [1.54, 1.807) is 0 Å². The molecule has 0 heterocycles. The van der Waals surface area contributed by atoms with Crippen LogP contribution in [0.4, 0.5) is 0 Å². The largest absolute Gasteiger partial charge is 0.472 e. The number of unbranched alkanes of at least 4 members (excludes halogenated alkanes) is 31. The predicted octanol–water partition coefficient (Wildman–Crippen LogP) is 25.2. The van der Waals surface area contributed by atoms with Crippen LogP contribution in [0.1, 0.15) is 349 Å². The van der Waals surface area contributed by atoms with Crippen molar-refractivity contribution in [2.45, 2.75) is 367 Å². The number of esters is 4. The number of carbonyl (C=O) groups is 4. The smallest absolute Gasteiger partial charge is 0.462 e. The minimum atomic E-state index is -4.99. The molecule has 5 atom stereocenters. The Morgan fingerprint density at radius 2 is 0.481 bits per heavy atom. The van der Waals surface area contributed by atoms with Crippen LogP contribution in [-0.2, 0) is 65.4 Å². The molecule has 0 saturated carbocycles. The van der Waals surface area contributed by atoms with Crippen LogP contribution in [0.3, 0.4) is 0 Å². The van der Waals surface area contributed by atoms with Crippen LogP contribution in [0.25, 0.3) is 0 Å². The molecular formula is C89H152O17P2. The number of hydrogen-bond donors (Lipinski definition) is 3. The molecule has 108 heavy (non-hydrogen) atoms. The molecule has 0 aliphatic carbocycles. The summed E-state index contributed by atoms with van der Waals surface area (Å²) in [5.74, 6) is -2.21. The van der Waals surface area contributed by atoms with Gasteiger partial charge in [0.1, 0.15) is 19.3 Å². The molecule has 0 aromatic heterocycles. The van der Waals surface area contributed by atoms with Gasteiger partial charge in [0, 0.05) is 25.7 Å². The lowest BCUT2D eigenvalue weighted by molar-refractivity contribution is -0.161. The maximum Gasteiger partial charge on any atom is 0.472 e. The molecule has 0 fully saturated rings. The molecule has 0 aromatic carbocycles. The van der Waals surface area contributed by atoms with Crippen molar-refractivity contribution in [3.8, 4) is 0 Å². The summed E-state index contributed by atoms with van der Waals surface area (Å²) in [6.45, 7) is 4.54. The number of ether oxygens (including phenoxy) is 4. The van der Waals surface area contributed by atoms with Crippen molar-refractivity contribution in [3.05, 3.63) is 134 Å². The molecule has 19 heteroatoms. The molecule has 0 saturated heterocycles. The highest BCUT2D eigenvalue weighted by Gasteiger charge is 2.30. The van der Waals surface area contributed by atoms with Crippen LogP contribution in [0.15, 0.2) is 134 Å². The van der Waals surface area contributed by atoms with E-state index in [1.165, 1.54) is 64.2 Å². The van der Waals surface area contributed by atoms with Crippen LogP contribution < -0.4 is 0 Å². The Balaban J connectivity index is 5.40. The topological polar surface area (TPSA) is 237 Å². The molecule has 0 amide bonds. The Hall–Kier alpha value is -4.80. The molecular weight excluding hydrogens is 1400 g/mol. The number of aliphatic hydroxyl groups excluding tert-OH is 1. The first-order valence-corrected chi connectivity index (χ1v) is 45.4. The summed E-state index contributed by atoms with van der Waals surface area (Å²) in [7, 11) is -9.98. The lowest BCUT2D eigenvalue weighted by Crippen LogP contribution is -2.30. The molecule has 5 unspecified atom stereocenters. The fourth-order valence-electron chi connectivity index (χ4n) is 11.3. The van der Waals surface area contributed by atoms with Crippen LogP contribution in [0, 0.1) is 0 Å². The average Bonchev–Trinajstić information content (AvgIpc) is 0.906. The highest BCUT2D eigenvalue weighted by atomic mass is 31.2. The summed E-state index contributed by atoms with van der Waals surface area (Å²) >= 11 is 0. The van der Waals surface area contributed by atoms with Gasteiger partial charge in [0.05, 0.1) is 26.4 Å². The average molecular weight is 1560 g/mol. The Kier molecular flexibility index (Phi) is 76.7. The molecule has 620 valence electrons. The zero-order valence-electron chi connectivity index (χ0n) is 68.0. The molecule has 0 aliphatic rings. The van der Waals surface area contributed by atoms with Crippen molar-refractivity contribution >= 4 is 39.5 Å². The molecule has 0 bridgehead atoms. The molecule has 0 aromatic rings. The maximum absolute atomic E-state index is 13.1. The third-order valence-electron chi connectivity index (χ3n) is 17.6. The second kappa shape index (κ2) is 80.3. The van der Waals surface area contributed by atoms with Gasteiger partial charge in [-0.3, -0.25) is 37.3 Å². The van der Waals surface area contributed by atoms with E-state index in [9.17, 15) is 43.2 Å². The fourth-order valence-corrected chi connectivity index (χ4v) is 12.9. The van der Waals surface area contributed by atoms with E-state index in [0.717, 1.165) is 205 Å². The minimum Gasteiger partial charge on any atom is -0.462 e. The van der Waals surface area contributed by atoms with E-state index < -0.39 is 97.5 Å². The minimum absolute atomic E-state index is 0.0609. The Bertz CT molecular complexity index is 2560. The zero-order chi connectivity index (χ0) is 78.9. The number of hydrogen-bond acceptors (Lipinski definition) is 15. The van der Waals surface area contributed by atoms with Gasteiger partial charge in [-0.1, -0.05) is 322 Å². The number of rotatable bonds is 79. The predicted molar refractivity (Wildman–Crippen MR) is 445 cm³/mol. The number of carbonyl (C=O) groups excluding carboxylic acids is 4. The van der Waals surface area contributed by atoms with Crippen LogP contribution in [0.2, 0.25) is 0 Å². The first-order valence-electron chi connectivity index (χ1n) is 42.4. The monoisotopic (exact) mass is 1560 g/mol. The van der Waals surface area contributed by atoms with Crippen molar-refractivity contribution in [2.75, 3.05) is 39.6 Å². The van der Waals surface area contributed by atoms with Gasteiger partial charge in [-0.15, -0.1) is 0 Å². The van der Waals surface area contributed by atoms with Crippen LogP contribution in [0.5, 0.6) is 0 Å². The second-order valence-corrected chi connectivity index (χ2v) is 30.9. The van der Waals surface area contributed by atoms with Crippen LogP contribution >= 0.6 is 15.6 Å². The molecule has 3 N–H and O–H groups in total. The summed E-state index contributed by atoms with van der Waals surface area (Å²) < 4.78 is 68.8. The van der Waals surface area contributed by atoms with Crippen molar-refractivity contribution < 1.29 is 80.2 Å². The molecule has 0 radical (unpaired) electrons. The Labute approximate surface area is 656 Å². The zero-order valence-corrected chi connectivity index (χ0v) is 69.8. The quantitative estimate of drug-likeness (QED) is 0.0169. The van der Waals surface area contributed by atoms with E-state index in [2.05, 4.69) is 161 Å². The number of phosphoric acid groups is 2. The van der Waals surface area contributed by atoms with Crippen molar-refractivity contribution in [2.24, 2.45) is 0 Å².